The number of nitrogens with one attached hydrogen (secondary N) is 1. The molecule has 0 saturated heterocycles. The maximum atomic E-state index is 12.9. The highest BCUT2D eigenvalue weighted by atomic mass is 32.2. The predicted octanol–water partition coefficient (Wildman–Crippen LogP) is 3.13. The molecule has 0 bridgehead atoms. The van der Waals surface area contributed by atoms with Crippen molar-refractivity contribution < 1.29 is 8.42 Å². The van der Waals surface area contributed by atoms with Gasteiger partial charge in [-0.15, -0.1) is 11.3 Å². The third-order valence-electron chi connectivity index (χ3n) is 4.22. The first-order chi connectivity index (χ1) is 13.0. The minimum absolute atomic E-state index is 0.145. The number of nitrogens with zero attached hydrogens (tertiary/aromatic N) is 4. The quantitative estimate of drug-likeness (QED) is 0.519. The van der Waals surface area contributed by atoms with Crippen LogP contribution in [0.4, 0.5) is 0 Å². The van der Waals surface area contributed by atoms with Crippen molar-refractivity contribution in [1.82, 2.24) is 23.2 Å². The molecule has 7 nitrogen and oxygen atoms in total. The molecule has 4 aromatic rings. The Hall–Kier alpha value is -2.14. The van der Waals surface area contributed by atoms with Gasteiger partial charge in [0, 0.05) is 17.1 Å². The molecule has 3 heterocycles. The molecule has 0 fully saturated rings. The van der Waals surface area contributed by atoms with Gasteiger partial charge in [0.15, 0.2) is 0 Å². The second-order valence-corrected chi connectivity index (χ2v) is 9.39. The van der Waals surface area contributed by atoms with Crippen LogP contribution in [0.15, 0.2) is 46.7 Å². The van der Waals surface area contributed by atoms with E-state index in [1.54, 1.807) is 29.5 Å². The van der Waals surface area contributed by atoms with Crippen molar-refractivity contribution in [2.75, 3.05) is 6.54 Å². The Morgan fingerprint density at radius 1 is 1.19 bits per heavy atom. The molecular weight excluding hydrogens is 402 g/mol. The molecule has 0 amide bonds. The van der Waals surface area contributed by atoms with Crippen LogP contribution in [0.1, 0.15) is 22.3 Å². The van der Waals surface area contributed by atoms with Gasteiger partial charge < -0.3 is 0 Å². The third kappa shape index (κ3) is 3.53. The monoisotopic (exact) mass is 419 g/mol. The molecule has 27 heavy (non-hydrogen) atoms. The van der Waals surface area contributed by atoms with E-state index in [-0.39, 0.29) is 17.5 Å². The summed E-state index contributed by atoms with van der Waals surface area (Å²) in [6, 6.07) is 10.7. The number of aromatic nitrogens is 4. The summed E-state index contributed by atoms with van der Waals surface area (Å²) in [5.41, 5.74) is 2.86. The van der Waals surface area contributed by atoms with Crippen LogP contribution >= 0.6 is 23.1 Å². The second kappa shape index (κ2) is 7.12. The van der Waals surface area contributed by atoms with Crippen molar-refractivity contribution in [1.29, 1.82) is 0 Å². The zero-order valence-electron chi connectivity index (χ0n) is 14.7. The van der Waals surface area contributed by atoms with E-state index < -0.39 is 10.0 Å². The summed E-state index contributed by atoms with van der Waals surface area (Å²) >= 11 is 2.58. The van der Waals surface area contributed by atoms with Crippen LogP contribution in [-0.4, -0.2) is 33.5 Å². The molecule has 0 aliphatic carbocycles. The van der Waals surface area contributed by atoms with Crippen LogP contribution in [0.5, 0.6) is 0 Å². The average Bonchev–Trinajstić information content (AvgIpc) is 3.36. The van der Waals surface area contributed by atoms with E-state index in [4.69, 9.17) is 0 Å². The molecule has 0 aliphatic rings. The standard InChI is InChI=1S/C17H17N5O2S3/c1-11-9-12(2)22(19-11)14(15-6-4-8-25-15)10-18-27(23,24)16-7-3-5-13-17(16)21-26-20-13/h3-9,14,18H,10H2,1-2H3. The van der Waals surface area contributed by atoms with Gasteiger partial charge >= 0.3 is 0 Å². The fourth-order valence-electron chi connectivity index (χ4n) is 3.01. The topological polar surface area (TPSA) is 89.8 Å². The molecular formula is C17H17N5O2S3. The highest BCUT2D eigenvalue weighted by Gasteiger charge is 2.24. The lowest BCUT2D eigenvalue weighted by molar-refractivity contribution is 0.500. The molecule has 3 aromatic heterocycles. The minimum atomic E-state index is -3.74. The summed E-state index contributed by atoms with van der Waals surface area (Å²) in [6.07, 6.45) is 0. The van der Waals surface area contributed by atoms with Crippen molar-refractivity contribution in [2.45, 2.75) is 24.8 Å². The summed E-state index contributed by atoms with van der Waals surface area (Å²) in [7, 11) is -3.74. The molecule has 140 valence electrons. The lowest BCUT2D eigenvalue weighted by atomic mass is 10.2. The Kier molecular flexibility index (Phi) is 4.81. The zero-order valence-corrected chi connectivity index (χ0v) is 17.1. The fourth-order valence-corrected chi connectivity index (χ4v) is 5.63. The van der Waals surface area contributed by atoms with Crippen LogP contribution < -0.4 is 4.72 Å². The maximum Gasteiger partial charge on any atom is 0.242 e. The largest absolute Gasteiger partial charge is 0.260 e. The van der Waals surface area contributed by atoms with E-state index in [0.29, 0.717) is 11.0 Å². The molecule has 0 spiro atoms. The Balaban J connectivity index is 1.66. The van der Waals surface area contributed by atoms with Gasteiger partial charge in [0.25, 0.3) is 0 Å². The van der Waals surface area contributed by atoms with Crippen LogP contribution in [0, 0.1) is 13.8 Å². The number of benzene rings is 1. The highest BCUT2D eigenvalue weighted by molar-refractivity contribution is 7.89. The number of aryl methyl sites for hydroxylation is 2. The number of sulfonamides is 1. The van der Waals surface area contributed by atoms with Gasteiger partial charge in [-0.1, -0.05) is 12.1 Å². The molecule has 1 N–H and O–H groups in total. The van der Waals surface area contributed by atoms with Crippen LogP contribution in [-0.2, 0) is 10.0 Å². The van der Waals surface area contributed by atoms with Gasteiger partial charge in [0.1, 0.15) is 15.9 Å². The lowest BCUT2D eigenvalue weighted by Crippen LogP contribution is -2.32. The number of hydrogen-bond acceptors (Lipinski definition) is 7. The Morgan fingerprint density at radius 3 is 2.74 bits per heavy atom. The molecule has 0 aliphatic heterocycles. The van der Waals surface area contributed by atoms with Crippen LogP contribution in [0.25, 0.3) is 11.0 Å². The van der Waals surface area contributed by atoms with E-state index >= 15 is 0 Å². The number of fused-ring (bicyclic) bond motifs is 1. The minimum Gasteiger partial charge on any atom is -0.260 e. The SMILES string of the molecule is Cc1cc(C)n(C(CNS(=O)(=O)c2cccc3nsnc23)c2cccs2)n1. The van der Waals surface area contributed by atoms with Crippen LogP contribution in [0.3, 0.4) is 0 Å². The normalized spacial score (nSPS) is 13.3. The first-order valence-electron chi connectivity index (χ1n) is 8.23. The zero-order chi connectivity index (χ0) is 19.0. The first-order valence-corrected chi connectivity index (χ1v) is 11.3. The number of hydrogen-bond donors (Lipinski definition) is 1. The predicted molar refractivity (Wildman–Crippen MR) is 107 cm³/mol. The molecule has 0 radical (unpaired) electrons. The molecule has 1 unspecified atom stereocenters. The molecule has 4 rings (SSSR count). The molecule has 1 atom stereocenters. The number of thiophene rings is 1. The van der Waals surface area contributed by atoms with Gasteiger partial charge in [-0.25, -0.2) is 13.1 Å². The van der Waals surface area contributed by atoms with Crippen molar-refractivity contribution in [3.05, 3.63) is 58.0 Å². The number of rotatable bonds is 6. The maximum absolute atomic E-state index is 12.9. The van der Waals surface area contributed by atoms with Gasteiger partial charge in [-0.2, -0.15) is 13.8 Å². The van der Waals surface area contributed by atoms with Gasteiger partial charge in [0.05, 0.1) is 23.5 Å². The Labute approximate surface area is 165 Å². The van der Waals surface area contributed by atoms with Gasteiger partial charge in [0.2, 0.25) is 10.0 Å². The summed E-state index contributed by atoms with van der Waals surface area (Å²) in [5, 5.41) is 6.53. The van der Waals surface area contributed by atoms with Crippen molar-refractivity contribution in [3.8, 4) is 0 Å². The van der Waals surface area contributed by atoms with E-state index in [1.807, 2.05) is 42.1 Å². The van der Waals surface area contributed by atoms with Gasteiger partial charge in [-0.3, -0.25) is 4.68 Å². The first kappa shape index (κ1) is 18.2. The summed E-state index contributed by atoms with van der Waals surface area (Å²) in [4.78, 5) is 1.18. The summed E-state index contributed by atoms with van der Waals surface area (Å²) < 4.78 is 38.7. The van der Waals surface area contributed by atoms with E-state index in [2.05, 4.69) is 18.6 Å². The van der Waals surface area contributed by atoms with Gasteiger partial charge in [-0.05, 0) is 43.5 Å². The Bertz CT molecular complexity index is 1180. The van der Waals surface area contributed by atoms with Crippen LogP contribution in [0.2, 0.25) is 0 Å². The lowest BCUT2D eigenvalue weighted by Gasteiger charge is -2.19. The highest BCUT2D eigenvalue weighted by Crippen LogP contribution is 2.26. The Morgan fingerprint density at radius 2 is 2.04 bits per heavy atom. The molecule has 0 saturated carbocycles. The van der Waals surface area contributed by atoms with Crippen molar-refractivity contribution in [2.24, 2.45) is 0 Å². The fraction of sp³-hybridized carbons (Fsp3) is 0.235. The van der Waals surface area contributed by atoms with E-state index in [0.717, 1.165) is 28.0 Å². The third-order valence-corrected chi connectivity index (χ3v) is 7.19. The second-order valence-electron chi connectivity index (χ2n) is 6.14. The molecule has 1 aromatic carbocycles. The summed E-state index contributed by atoms with van der Waals surface area (Å²) in [6.45, 7) is 4.09. The smallest absolute Gasteiger partial charge is 0.242 e. The average molecular weight is 420 g/mol. The van der Waals surface area contributed by atoms with E-state index in [1.165, 1.54) is 0 Å². The molecule has 10 heteroatoms. The summed E-state index contributed by atoms with van der Waals surface area (Å²) in [5.74, 6) is 0. The van der Waals surface area contributed by atoms with Crippen molar-refractivity contribution in [3.63, 3.8) is 0 Å². The van der Waals surface area contributed by atoms with Crippen molar-refractivity contribution >= 4 is 44.1 Å². The van der Waals surface area contributed by atoms with E-state index in [9.17, 15) is 8.42 Å².